The Bertz CT molecular complexity index is 566. The van der Waals surface area contributed by atoms with Crippen LogP contribution in [-0.4, -0.2) is 15.0 Å². The third kappa shape index (κ3) is 3.31. The predicted octanol–water partition coefficient (Wildman–Crippen LogP) is 2.80. The zero-order chi connectivity index (χ0) is 12.2. The van der Waals surface area contributed by atoms with Gasteiger partial charge >= 0.3 is 0 Å². The molecular formula is C15H9N3Y-2. The van der Waals surface area contributed by atoms with Gasteiger partial charge in [-0.25, -0.2) is 11.1 Å². The van der Waals surface area contributed by atoms with Gasteiger partial charge in [-0.15, -0.1) is 12.1 Å². The predicted molar refractivity (Wildman–Crippen MR) is 68.4 cm³/mol. The molecule has 89 valence electrons. The molecule has 0 unspecified atom stereocenters. The van der Waals surface area contributed by atoms with Gasteiger partial charge in [0.15, 0.2) is 0 Å². The van der Waals surface area contributed by atoms with Gasteiger partial charge in [0.05, 0.1) is 0 Å². The zero-order valence-corrected chi connectivity index (χ0v) is 13.0. The Labute approximate surface area is 137 Å². The van der Waals surface area contributed by atoms with Crippen LogP contribution >= 0.6 is 0 Å². The molecule has 0 saturated carbocycles. The van der Waals surface area contributed by atoms with Crippen LogP contribution in [0.1, 0.15) is 0 Å². The zero-order valence-electron chi connectivity index (χ0n) is 10.1. The quantitative estimate of drug-likeness (QED) is 0.682. The van der Waals surface area contributed by atoms with E-state index in [1.807, 2.05) is 36.4 Å². The normalized spacial score (nSPS) is 9.68. The van der Waals surface area contributed by atoms with Gasteiger partial charge in [-0.1, -0.05) is 24.7 Å². The van der Waals surface area contributed by atoms with Crippen molar-refractivity contribution < 1.29 is 32.7 Å². The molecule has 0 N–H and O–H groups in total. The molecule has 0 saturated heterocycles. The summed E-state index contributed by atoms with van der Waals surface area (Å²) >= 11 is 0. The van der Waals surface area contributed by atoms with E-state index in [4.69, 9.17) is 0 Å². The van der Waals surface area contributed by atoms with Gasteiger partial charge in [-0.2, -0.15) is 12.1 Å². The molecule has 0 aliphatic rings. The van der Waals surface area contributed by atoms with E-state index in [1.54, 1.807) is 18.6 Å². The van der Waals surface area contributed by atoms with Crippen LogP contribution in [0.3, 0.4) is 0 Å². The summed E-state index contributed by atoms with van der Waals surface area (Å²) in [4.78, 5) is 12.3. The number of hydrogen-bond donors (Lipinski definition) is 0. The first-order valence-corrected chi connectivity index (χ1v) is 5.56. The van der Waals surface area contributed by atoms with Crippen LogP contribution in [0.15, 0.2) is 55.0 Å². The van der Waals surface area contributed by atoms with Crippen LogP contribution < -0.4 is 0 Å². The van der Waals surface area contributed by atoms with Gasteiger partial charge in [-0.05, 0) is 17.3 Å². The van der Waals surface area contributed by atoms with E-state index in [0.717, 1.165) is 22.4 Å². The fourth-order valence-corrected chi connectivity index (χ4v) is 1.66. The Morgan fingerprint density at radius 1 is 0.842 bits per heavy atom. The van der Waals surface area contributed by atoms with E-state index in [9.17, 15) is 0 Å². The van der Waals surface area contributed by atoms with Crippen LogP contribution in [0.5, 0.6) is 0 Å². The van der Waals surface area contributed by atoms with Crippen LogP contribution in [-0.2, 0) is 32.7 Å². The maximum atomic E-state index is 4.31. The number of aromatic nitrogens is 3. The van der Waals surface area contributed by atoms with Crippen molar-refractivity contribution in [3.05, 3.63) is 67.4 Å². The van der Waals surface area contributed by atoms with E-state index < -0.39 is 0 Å². The molecular weight excluding hydrogens is 311 g/mol. The van der Waals surface area contributed by atoms with Crippen molar-refractivity contribution >= 4 is 0 Å². The summed E-state index contributed by atoms with van der Waals surface area (Å²) in [6.07, 6.45) is 11.1. The van der Waals surface area contributed by atoms with Crippen molar-refractivity contribution in [2.75, 3.05) is 0 Å². The average molecular weight is 320 g/mol. The van der Waals surface area contributed by atoms with E-state index >= 15 is 0 Å². The summed E-state index contributed by atoms with van der Waals surface area (Å²) in [6.45, 7) is 0. The first-order chi connectivity index (χ1) is 8.93. The second kappa shape index (κ2) is 6.64. The molecule has 3 rings (SSSR count). The standard InChI is InChI=1S/C15H9N3.Y/c1-3-12(9-16-7-1)13-5-6-15(18-11-13)14-4-2-8-17-10-14;/h1-8,10H;/q-2;. The van der Waals surface area contributed by atoms with Crippen LogP contribution in [0.4, 0.5) is 0 Å². The summed E-state index contributed by atoms with van der Waals surface area (Å²) in [7, 11) is 0. The Balaban J connectivity index is 0.00000133. The number of pyridine rings is 3. The minimum Gasteiger partial charge on any atom is -0.371 e. The second-order valence-corrected chi connectivity index (χ2v) is 3.76. The molecule has 0 bridgehead atoms. The van der Waals surface area contributed by atoms with Gasteiger partial charge in [0.2, 0.25) is 0 Å². The maximum Gasteiger partial charge on any atom is 0.0268 e. The fraction of sp³-hybridized carbons (Fsp3) is 0. The average Bonchev–Trinajstić information content (AvgIpc) is 2.49. The molecule has 3 nitrogen and oxygen atoms in total. The minimum absolute atomic E-state index is 0. The van der Waals surface area contributed by atoms with E-state index in [1.165, 1.54) is 0 Å². The van der Waals surface area contributed by atoms with Crippen molar-refractivity contribution in [3.63, 3.8) is 0 Å². The topological polar surface area (TPSA) is 38.7 Å². The molecule has 3 heterocycles. The monoisotopic (exact) mass is 320 g/mol. The first-order valence-electron chi connectivity index (χ1n) is 5.56. The number of nitrogens with zero attached hydrogens (tertiary/aromatic N) is 3. The molecule has 0 aliphatic heterocycles. The number of hydrogen-bond acceptors (Lipinski definition) is 3. The Morgan fingerprint density at radius 2 is 1.68 bits per heavy atom. The van der Waals surface area contributed by atoms with Gasteiger partial charge in [0.25, 0.3) is 0 Å². The van der Waals surface area contributed by atoms with Crippen LogP contribution in [0.25, 0.3) is 22.4 Å². The van der Waals surface area contributed by atoms with Crippen LogP contribution in [0.2, 0.25) is 0 Å². The SMILES string of the molecule is [Y].[c-]1ncccc1-c1[c-]nc(-c2cccnc2)cc1. The molecule has 0 spiro atoms. The molecule has 1 radical (unpaired) electrons. The third-order valence-corrected chi connectivity index (χ3v) is 2.56. The van der Waals surface area contributed by atoms with Crippen LogP contribution in [0, 0.1) is 12.4 Å². The summed E-state index contributed by atoms with van der Waals surface area (Å²) in [6, 6.07) is 11.6. The van der Waals surface area contributed by atoms with Crippen molar-refractivity contribution in [3.8, 4) is 22.4 Å². The van der Waals surface area contributed by atoms with Gasteiger partial charge in [0, 0.05) is 45.1 Å². The summed E-state index contributed by atoms with van der Waals surface area (Å²) in [5.41, 5.74) is 3.62. The van der Waals surface area contributed by atoms with E-state index in [0.29, 0.717) is 0 Å². The van der Waals surface area contributed by atoms with Gasteiger partial charge in [0.1, 0.15) is 0 Å². The van der Waals surface area contributed by atoms with E-state index in [2.05, 4.69) is 27.3 Å². The van der Waals surface area contributed by atoms with E-state index in [-0.39, 0.29) is 32.7 Å². The minimum atomic E-state index is 0. The van der Waals surface area contributed by atoms with Crippen molar-refractivity contribution in [1.29, 1.82) is 0 Å². The molecule has 0 amide bonds. The molecule has 3 aromatic rings. The Kier molecular flexibility index (Phi) is 4.89. The Morgan fingerprint density at radius 3 is 2.32 bits per heavy atom. The molecule has 0 aromatic carbocycles. The molecule has 4 heteroatoms. The van der Waals surface area contributed by atoms with Crippen molar-refractivity contribution in [2.24, 2.45) is 0 Å². The van der Waals surface area contributed by atoms with Crippen molar-refractivity contribution in [2.45, 2.75) is 0 Å². The molecule has 3 aromatic heterocycles. The summed E-state index contributed by atoms with van der Waals surface area (Å²) < 4.78 is 0. The molecule has 0 aliphatic carbocycles. The Hall–Kier alpha value is -1.45. The molecule has 19 heavy (non-hydrogen) atoms. The first kappa shape index (κ1) is 14.0. The largest absolute Gasteiger partial charge is 0.371 e. The summed E-state index contributed by atoms with van der Waals surface area (Å²) in [5, 5.41) is 0. The number of rotatable bonds is 2. The molecule has 0 fully saturated rings. The maximum absolute atomic E-state index is 4.31. The summed E-state index contributed by atoms with van der Waals surface area (Å²) in [5.74, 6) is 0. The molecule has 0 atom stereocenters. The van der Waals surface area contributed by atoms with Gasteiger partial charge in [-0.3, -0.25) is 4.98 Å². The fourth-order valence-electron chi connectivity index (χ4n) is 1.66. The third-order valence-electron chi connectivity index (χ3n) is 2.56. The van der Waals surface area contributed by atoms with Crippen molar-refractivity contribution in [1.82, 2.24) is 15.0 Å². The second-order valence-electron chi connectivity index (χ2n) is 3.76. The van der Waals surface area contributed by atoms with Gasteiger partial charge < -0.3 is 9.97 Å². The smallest absolute Gasteiger partial charge is 0.0268 e.